The van der Waals surface area contributed by atoms with E-state index >= 15 is 0 Å². The van der Waals surface area contributed by atoms with Crippen LogP contribution < -0.4 is 29.6 Å². The summed E-state index contributed by atoms with van der Waals surface area (Å²) in [4.78, 5) is 4.62. The number of hydrogen-bond acceptors (Lipinski definition) is 6. The highest BCUT2D eigenvalue weighted by Crippen LogP contribution is 2.39. The number of aliphatic imine (C=N–C) groups is 1. The Bertz CT molecular complexity index is 875. The lowest BCUT2D eigenvalue weighted by Crippen LogP contribution is -2.39. The van der Waals surface area contributed by atoms with Gasteiger partial charge in [0, 0.05) is 18.7 Å². The summed E-state index contributed by atoms with van der Waals surface area (Å²) < 4.78 is 21.9. The highest BCUT2D eigenvalue weighted by molar-refractivity contribution is 14.0. The van der Waals surface area contributed by atoms with E-state index < -0.39 is 6.10 Å². The summed E-state index contributed by atoms with van der Waals surface area (Å²) in [6.45, 7) is 7.29. The van der Waals surface area contributed by atoms with Crippen LogP contribution in [0.5, 0.6) is 23.0 Å². The van der Waals surface area contributed by atoms with Crippen LogP contribution in [0.15, 0.2) is 41.4 Å². The maximum absolute atomic E-state index is 10.6. The van der Waals surface area contributed by atoms with Gasteiger partial charge >= 0.3 is 0 Å². The molecule has 0 radical (unpaired) electrons. The van der Waals surface area contributed by atoms with Crippen molar-refractivity contribution in [3.63, 3.8) is 0 Å². The average molecular weight is 573 g/mol. The zero-order chi connectivity index (χ0) is 23.5. The molecule has 0 saturated carbocycles. The summed E-state index contributed by atoms with van der Waals surface area (Å²) in [7, 11) is 4.74. The van der Waals surface area contributed by atoms with Crippen molar-refractivity contribution in [2.24, 2.45) is 4.99 Å². The number of ether oxygens (including phenoxy) is 4. The van der Waals surface area contributed by atoms with Crippen LogP contribution in [0.4, 0.5) is 0 Å². The second-order valence-electron chi connectivity index (χ2n) is 7.32. The van der Waals surface area contributed by atoms with Gasteiger partial charge in [-0.05, 0) is 50.6 Å². The first-order chi connectivity index (χ1) is 15.4. The van der Waals surface area contributed by atoms with Crippen molar-refractivity contribution in [2.75, 3.05) is 34.4 Å². The molecule has 8 nitrogen and oxygen atoms in total. The quantitative estimate of drug-likeness (QED) is 0.213. The molecule has 2 rings (SSSR count). The SMILES string of the molecule is CCNC(=NCc1ccc(OC)c(OC)c1OC)NCC(O)c1ccc(OC(C)C)cc1.I. The predicted octanol–water partition coefficient (Wildman–Crippen LogP) is 3.91. The Morgan fingerprint density at radius 2 is 1.61 bits per heavy atom. The normalized spacial score (nSPS) is 11.9. The van der Waals surface area contributed by atoms with Crippen LogP contribution >= 0.6 is 24.0 Å². The van der Waals surface area contributed by atoms with Crippen molar-refractivity contribution < 1.29 is 24.1 Å². The van der Waals surface area contributed by atoms with Gasteiger partial charge in [-0.2, -0.15) is 0 Å². The molecule has 2 aromatic carbocycles. The molecule has 0 amide bonds. The zero-order valence-electron chi connectivity index (χ0n) is 20.2. The molecule has 0 aromatic heterocycles. The minimum Gasteiger partial charge on any atom is -0.493 e. The Hall–Kier alpha value is -2.40. The minimum atomic E-state index is -0.692. The largest absolute Gasteiger partial charge is 0.493 e. The molecule has 0 aliphatic carbocycles. The highest BCUT2D eigenvalue weighted by Gasteiger charge is 2.16. The van der Waals surface area contributed by atoms with Gasteiger partial charge in [0.1, 0.15) is 5.75 Å². The lowest BCUT2D eigenvalue weighted by molar-refractivity contribution is 0.180. The molecule has 0 aliphatic rings. The van der Waals surface area contributed by atoms with Gasteiger partial charge in [-0.3, -0.25) is 0 Å². The van der Waals surface area contributed by atoms with Gasteiger partial charge in [-0.15, -0.1) is 24.0 Å². The lowest BCUT2D eigenvalue weighted by atomic mass is 10.1. The molecule has 0 spiro atoms. The number of guanidine groups is 1. The van der Waals surface area contributed by atoms with E-state index in [1.54, 1.807) is 21.3 Å². The van der Waals surface area contributed by atoms with Gasteiger partial charge in [0.15, 0.2) is 17.5 Å². The van der Waals surface area contributed by atoms with Crippen molar-refractivity contribution in [1.82, 2.24) is 10.6 Å². The van der Waals surface area contributed by atoms with Crippen LogP contribution in [0.3, 0.4) is 0 Å². The zero-order valence-corrected chi connectivity index (χ0v) is 22.5. The summed E-state index contributed by atoms with van der Waals surface area (Å²) >= 11 is 0. The Morgan fingerprint density at radius 3 is 2.15 bits per heavy atom. The molecule has 184 valence electrons. The predicted molar refractivity (Wildman–Crippen MR) is 141 cm³/mol. The monoisotopic (exact) mass is 573 g/mol. The molecule has 0 bridgehead atoms. The first kappa shape index (κ1) is 28.6. The fourth-order valence-electron chi connectivity index (χ4n) is 3.15. The number of nitrogens with one attached hydrogen (secondary N) is 2. The number of methoxy groups -OCH3 is 3. The van der Waals surface area contributed by atoms with Gasteiger partial charge in [0.05, 0.1) is 40.1 Å². The summed E-state index contributed by atoms with van der Waals surface area (Å²) in [5.41, 5.74) is 1.65. The third-order valence-corrected chi connectivity index (χ3v) is 4.64. The van der Waals surface area contributed by atoms with E-state index in [1.807, 2.05) is 57.2 Å². The average Bonchev–Trinajstić information content (AvgIpc) is 2.79. The number of aliphatic hydroxyl groups excluding tert-OH is 1. The van der Waals surface area contributed by atoms with Gasteiger partial charge in [-0.25, -0.2) is 4.99 Å². The molecule has 0 heterocycles. The lowest BCUT2D eigenvalue weighted by Gasteiger charge is -2.17. The molecule has 2 aromatic rings. The highest BCUT2D eigenvalue weighted by atomic mass is 127. The van der Waals surface area contributed by atoms with Gasteiger partial charge in [0.2, 0.25) is 5.75 Å². The summed E-state index contributed by atoms with van der Waals surface area (Å²) in [6, 6.07) is 11.2. The first-order valence-corrected chi connectivity index (χ1v) is 10.7. The van der Waals surface area contributed by atoms with Gasteiger partial charge < -0.3 is 34.7 Å². The van der Waals surface area contributed by atoms with E-state index in [1.165, 1.54) is 0 Å². The number of nitrogens with zero attached hydrogens (tertiary/aromatic N) is 1. The van der Waals surface area contributed by atoms with Crippen LogP contribution in [0.1, 0.15) is 38.0 Å². The van der Waals surface area contributed by atoms with Gasteiger partial charge in [-0.1, -0.05) is 12.1 Å². The number of hydrogen-bond donors (Lipinski definition) is 3. The van der Waals surface area contributed by atoms with Crippen LogP contribution in [-0.4, -0.2) is 51.6 Å². The molecule has 0 saturated heterocycles. The van der Waals surface area contributed by atoms with Crippen molar-refractivity contribution in [3.8, 4) is 23.0 Å². The molecule has 0 fully saturated rings. The Morgan fingerprint density at radius 1 is 0.939 bits per heavy atom. The minimum absolute atomic E-state index is 0. The van der Waals surface area contributed by atoms with E-state index in [-0.39, 0.29) is 30.1 Å². The van der Waals surface area contributed by atoms with Crippen LogP contribution in [0.2, 0.25) is 0 Å². The second-order valence-corrected chi connectivity index (χ2v) is 7.32. The second kappa shape index (κ2) is 14.7. The van der Waals surface area contributed by atoms with E-state index in [0.29, 0.717) is 42.8 Å². The third kappa shape index (κ3) is 8.47. The van der Waals surface area contributed by atoms with Crippen molar-refractivity contribution in [2.45, 2.75) is 39.5 Å². The third-order valence-electron chi connectivity index (χ3n) is 4.64. The molecular weight excluding hydrogens is 537 g/mol. The van der Waals surface area contributed by atoms with Crippen molar-refractivity contribution >= 4 is 29.9 Å². The maximum atomic E-state index is 10.6. The van der Waals surface area contributed by atoms with Gasteiger partial charge in [0.25, 0.3) is 0 Å². The van der Waals surface area contributed by atoms with E-state index in [4.69, 9.17) is 18.9 Å². The van der Waals surface area contributed by atoms with Crippen LogP contribution in [-0.2, 0) is 6.54 Å². The molecular formula is C24H36IN3O5. The van der Waals surface area contributed by atoms with E-state index in [2.05, 4.69) is 15.6 Å². The number of halogens is 1. The molecule has 1 atom stereocenters. The van der Waals surface area contributed by atoms with E-state index in [9.17, 15) is 5.11 Å². The molecule has 9 heteroatoms. The van der Waals surface area contributed by atoms with Crippen LogP contribution in [0.25, 0.3) is 0 Å². The summed E-state index contributed by atoms with van der Waals surface area (Å²) in [5, 5.41) is 16.9. The molecule has 3 N–H and O–H groups in total. The first-order valence-electron chi connectivity index (χ1n) is 10.7. The number of rotatable bonds is 11. The number of benzene rings is 2. The Balaban J connectivity index is 0.00000544. The fraction of sp³-hybridized carbons (Fsp3) is 0.458. The molecule has 0 aliphatic heterocycles. The summed E-state index contributed by atoms with van der Waals surface area (Å²) in [5.74, 6) is 3.07. The fourth-order valence-corrected chi connectivity index (χ4v) is 3.15. The molecule has 1 unspecified atom stereocenters. The Kier molecular flexibility index (Phi) is 12.7. The summed E-state index contributed by atoms with van der Waals surface area (Å²) in [6.07, 6.45) is -0.585. The topological polar surface area (TPSA) is 93.6 Å². The Labute approximate surface area is 213 Å². The standard InChI is InChI=1S/C24H35N3O5.HI/c1-7-25-24(26-14-18-10-13-21(29-4)23(31-6)22(18)30-5)27-15-20(28)17-8-11-19(12-9-17)32-16(2)3;/h8-13,16,20,28H,7,14-15H2,1-6H3,(H2,25,26,27);1H. The van der Waals surface area contributed by atoms with Crippen LogP contribution in [0, 0.1) is 0 Å². The number of aliphatic hydroxyl groups is 1. The van der Waals surface area contributed by atoms with E-state index in [0.717, 1.165) is 16.9 Å². The van der Waals surface area contributed by atoms with Crippen molar-refractivity contribution in [3.05, 3.63) is 47.5 Å². The van der Waals surface area contributed by atoms with Crippen molar-refractivity contribution in [1.29, 1.82) is 0 Å². The smallest absolute Gasteiger partial charge is 0.203 e. The molecule has 33 heavy (non-hydrogen) atoms. The maximum Gasteiger partial charge on any atom is 0.203 e.